The Hall–Kier alpha value is -3.13. The second-order valence-corrected chi connectivity index (χ2v) is 7.70. The van der Waals surface area contributed by atoms with Crippen molar-refractivity contribution in [2.24, 2.45) is 11.7 Å². The van der Waals surface area contributed by atoms with Crippen molar-refractivity contribution in [2.45, 2.75) is 26.2 Å². The lowest BCUT2D eigenvalue weighted by atomic mass is 9.94. The van der Waals surface area contributed by atoms with Crippen molar-refractivity contribution < 1.29 is 4.79 Å². The Bertz CT molecular complexity index is 1010. The van der Waals surface area contributed by atoms with E-state index in [1.54, 1.807) is 28.8 Å². The molecule has 2 N–H and O–H groups in total. The Balaban J connectivity index is 0.000000165. The zero-order valence-electron chi connectivity index (χ0n) is 16.2. The van der Waals surface area contributed by atoms with Crippen LogP contribution in [-0.4, -0.2) is 5.91 Å². The minimum atomic E-state index is -0.375. The number of rotatable bonds is 2. The molecule has 0 fully saturated rings. The molecular formula is C26H25NO. The zero-order valence-corrected chi connectivity index (χ0v) is 16.2. The molecule has 0 unspecified atom stereocenters. The van der Waals surface area contributed by atoms with Crippen LogP contribution in [0.3, 0.4) is 0 Å². The number of carbonyl (C=O) groups is 1. The van der Waals surface area contributed by atoms with Gasteiger partial charge in [-0.15, -0.1) is 0 Å². The van der Waals surface area contributed by atoms with E-state index in [1.807, 2.05) is 19.1 Å². The molecule has 0 saturated carbocycles. The number of aryl methyl sites for hydroxylation is 1. The highest BCUT2D eigenvalue weighted by Crippen LogP contribution is 2.37. The lowest BCUT2D eigenvalue weighted by molar-refractivity contribution is 0.100. The summed E-state index contributed by atoms with van der Waals surface area (Å²) in [7, 11) is 0. The molecule has 1 amide bonds. The fourth-order valence-electron chi connectivity index (χ4n) is 4.11. The van der Waals surface area contributed by atoms with Crippen molar-refractivity contribution >= 4 is 12.0 Å². The lowest BCUT2D eigenvalue weighted by Gasteiger charge is -2.10. The van der Waals surface area contributed by atoms with Gasteiger partial charge in [0.25, 0.3) is 0 Å². The van der Waals surface area contributed by atoms with Crippen LogP contribution in [0.5, 0.6) is 0 Å². The van der Waals surface area contributed by atoms with Crippen molar-refractivity contribution in [2.75, 3.05) is 0 Å². The Morgan fingerprint density at radius 2 is 1.39 bits per heavy atom. The molecule has 0 bridgehead atoms. The van der Waals surface area contributed by atoms with Crippen molar-refractivity contribution in [3.05, 3.63) is 112 Å². The molecule has 5 rings (SSSR count). The van der Waals surface area contributed by atoms with E-state index in [0.717, 1.165) is 17.9 Å². The van der Waals surface area contributed by atoms with Crippen LogP contribution in [0.1, 0.15) is 38.2 Å². The van der Waals surface area contributed by atoms with E-state index in [9.17, 15) is 4.79 Å². The van der Waals surface area contributed by atoms with E-state index in [4.69, 9.17) is 5.73 Å². The first-order valence-corrected chi connectivity index (χ1v) is 9.82. The van der Waals surface area contributed by atoms with Crippen LogP contribution in [0.25, 0.3) is 6.08 Å². The first kappa shape index (κ1) is 18.2. The molecule has 3 aromatic carbocycles. The molecule has 2 aliphatic carbocycles. The van der Waals surface area contributed by atoms with E-state index < -0.39 is 0 Å². The van der Waals surface area contributed by atoms with E-state index in [-0.39, 0.29) is 5.91 Å². The third-order valence-electron chi connectivity index (χ3n) is 5.70. The van der Waals surface area contributed by atoms with Crippen molar-refractivity contribution in [3.63, 3.8) is 0 Å². The lowest BCUT2D eigenvalue weighted by Crippen LogP contribution is -2.10. The van der Waals surface area contributed by atoms with E-state index in [2.05, 4.69) is 54.6 Å². The number of nitrogens with two attached hydrogens (primary N) is 1. The van der Waals surface area contributed by atoms with Gasteiger partial charge >= 0.3 is 0 Å². The van der Waals surface area contributed by atoms with E-state index >= 15 is 0 Å². The number of hydrogen-bond donors (Lipinski definition) is 1. The monoisotopic (exact) mass is 367 g/mol. The van der Waals surface area contributed by atoms with Crippen molar-refractivity contribution in [3.8, 4) is 0 Å². The molecule has 2 heteroatoms. The van der Waals surface area contributed by atoms with Crippen LogP contribution in [0.2, 0.25) is 0 Å². The number of amides is 1. The Kier molecular flexibility index (Phi) is 5.12. The zero-order chi connectivity index (χ0) is 19.5. The average molecular weight is 367 g/mol. The van der Waals surface area contributed by atoms with Gasteiger partial charge < -0.3 is 5.73 Å². The maximum absolute atomic E-state index is 10.5. The van der Waals surface area contributed by atoms with Crippen LogP contribution in [0.4, 0.5) is 0 Å². The van der Waals surface area contributed by atoms with E-state index in [1.165, 1.54) is 24.0 Å². The summed E-state index contributed by atoms with van der Waals surface area (Å²) in [6.07, 6.45) is 6.05. The Morgan fingerprint density at radius 1 is 0.821 bits per heavy atom. The van der Waals surface area contributed by atoms with Gasteiger partial charge in [0.05, 0.1) is 0 Å². The molecule has 0 aromatic heterocycles. The number of primary amides is 1. The van der Waals surface area contributed by atoms with Crippen LogP contribution in [0.15, 0.2) is 78.4 Å². The minimum absolute atomic E-state index is 0.375. The van der Waals surface area contributed by atoms with Crippen LogP contribution < -0.4 is 5.73 Å². The highest BCUT2D eigenvalue weighted by atomic mass is 16.1. The molecule has 3 aromatic rings. The number of allylic oxidation sites excluding steroid dienone is 1. The fourth-order valence-corrected chi connectivity index (χ4v) is 4.11. The standard InChI is InChI=1S/C18H16.C8H9NO/c1-2-6-14-10-17(9-13(14)5-1)18-11-15-7-3-4-8-16(15)12-18;1-6-2-4-7(5-3-6)8(9)10/h1-9,18H,10-12H2;2-5H,1H3,(H2,9,10). The summed E-state index contributed by atoms with van der Waals surface area (Å²) < 4.78 is 0. The summed E-state index contributed by atoms with van der Waals surface area (Å²) >= 11 is 0. The van der Waals surface area contributed by atoms with Gasteiger partial charge in [-0.25, -0.2) is 0 Å². The van der Waals surface area contributed by atoms with Gasteiger partial charge in [-0.1, -0.05) is 77.9 Å². The SMILES string of the molecule is C1=C(C2Cc3ccccc3C2)Cc2ccccc21.Cc1ccc(C(N)=O)cc1. The van der Waals surface area contributed by atoms with Crippen LogP contribution >= 0.6 is 0 Å². The van der Waals surface area contributed by atoms with Crippen LogP contribution in [-0.2, 0) is 19.3 Å². The van der Waals surface area contributed by atoms with Crippen molar-refractivity contribution in [1.82, 2.24) is 0 Å². The van der Waals surface area contributed by atoms with Crippen LogP contribution in [0, 0.1) is 12.8 Å². The second kappa shape index (κ2) is 7.85. The quantitative estimate of drug-likeness (QED) is 0.670. The molecule has 28 heavy (non-hydrogen) atoms. The molecule has 0 saturated heterocycles. The number of fused-ring (bicyclic) bond motifs is 2. The highest BCUT2D eigenvalue weighted by Gasteiger charge is 2.26. The average Bonchev–Trinajstić information content (AvgIpc) is 3.32. The molecule has 0 radical (unpaired) electrons. The fraction of sp³-hybridized carbons (Fsp3) is 0.192. The minimum Gasteiger partial charge on any atom is -0.366 e. The summed E-state index contributed by atoms with van der Waals surface area (Å²) in [5.41, 5.74) is 14.4. The van der Waals surface area contributed by atoms with Gasteiger partial charge in [0.15, 0.2) is 0 Å². The summed E-state index contributed by atoms with van der Waals surface area (Å²) in [6.45, 7) is 1.96. The molecule has 2 nitrogen and oxygen atoms in total. The summed E-state index contributed by atoms with van der Waals surface area (Å²) in [5, 5.41) is 0. The van der Waals surface area contributed by atoms with Crippen molar-refractivity contribution in [1.29, 1.82) is 0 Å². The highest BCUT2D eigenvalue weighted by molar-refractivity contribution is 5.92. The topological polar surface area (TPSA) is 43.1 Å². The number of carbonyl (C=O) groups excluding carboxylic acids is 1. The summed E-state index contributed by atoms with van der Waals surface area (Å²) in [4.78, 5) is 10.5. The van der Waals surface area contributed by atoms with E-state index in [0.29, 0.717) is 5.56 Å². The molecule has 140 valence electrons. The maximum atomic E-state index is 10.5. The van der Waals surface area contributed by atoms with Gasteiger partial charge in [-0.2, -0.15) is 0 Å². The molecular weight excluding hydrogens is 342 g/mol. The third kappa shape index (κ3) is 3.91. The molecule has 0 atom stereocenters. The summed E-state index contributed by atoms with van der Waals surface area (Å²) in [6, 6.07) is 24.9. The Labute approximate surface area is 166 Å². The Morgan fingerprint density at radius 3 is 1.96 bits per heavy atom. The predicted octanol–water partition coefficient (Wildman–Crippen LogP) is 5.14. The number of hydrogen-bond acceptors (Lipinski definition) is 1. The normalized spacial score (nSPS) is 14.5. The smallest absolute Gasteiger partial charge is 0.248 e. The molecule has 0 spiro atoms. The summed E-state index contributed by atoms with van der Waals surface area (Å²) in [5.74, 6) is 0.356. The number of benzene rings is 3. The van der Waals surface area contributed by atoms with Gasteiger partial charge in [-0.3, -0.25) is 4.79 Å². The van der Waals surface area contributed by atoms with Gasteiger partial charge in [0, 0.05) is 5.56 Å². The van der Waals surface area contributed by atoms with Gasteiger partial charge in [0.1, 0.15) is 0 Å². The largest absolute Gasteiger partial charge is 0.366 e. The predicted molar refractivity (Wildman–Crippen MR) is 115 cm³/mol. The molecule has 0 aliphatic heterocycles. The third-order valence-corrected chi connectivity index (χ3v) is 5.70. The van der Waals surface area contributed by atoms with Gasteiger partial charge in [-0.05, 0) is 66.5 Å². The first-order valence-electron chi connectivity index (χ1n) is 9.82. The second-order valence-electron chi connectivity index (χ2n) is 7.70. The molecule has 0 heterocycles. The molecule has 2 aliphatic rings. The first-order chi connectivity index (χ1) is 13.6. The maximum Gasteiger partial charge on any atom is 0.248 e. The van der Waals surface area contributed by atoms with Gasteiger partial charge in [0.2, 0.25) is 5.91 Å².